The summed E-state index contributed by atoms with van der Waals surface area (Å²) in [4.78, 5) is 11.9. The molecule has 2 fully saturated rings. The van der Waals surface area contributed by atoms with Gasteiger partial charge in [-0.1, -0.05) is 64.6 Å². The molecule has 2 aliphatic carbocycles. The summed E-state index contributed by atoms with van der Waals surface area (Å²) in [5.41, 5.74) is 8.10. The standard InChI is InChI=1S/C19H28NOP/c20-19(21)17-13-7-8-14-18(17)22(15-9-3-1-4-10-15)16-11-5-2-6-12-16/h7-8,13-16H,1-6,9-12H2,(H2,20,21). The minimum absolute atomic E-state index is 0.241. The zero-order chi connectivity index (χ0) is 15.4. The summed E-state index contributed by atoms with van der Waals surface area (Å²) in [6.07, 6.45) is 13.7. The van der Waals surface area contributed by atoms with Crippen molar-refractivity contribution in [2.45, 2.75) is 75.5 Å². The summed E-state index contributed by atoms with van der Waals surface area (Å²) in [6.45, 7) is 0. The molecule has 1 amide bonds. The molecule has 120 valence electrons. The second-order valence-electron chi connectivity index (χ2n) is 6.87. The zero-order valence-corrected chi connectivity index (χ0v) is 14.4. The van der Waals surface area contributed by atoms with Gasteiger partial charge in [0.05, 0.1) is 0 Å². The van der Waals surface area contributed by atoms with Crippen molar-refractivity contribution in [3.05, 3.63) is 29.8 Å². The van der Waals surface area contributed by atoms with Crippen LogP contribution in [0.5, 0.6) is 0 Å². The SMILES string of the molecule is NC(=O)c1ccccc1P(C1CCCCC1)C1CCCCC1. The molecule has 0 heterocycles. The van der Waals surface area contributed by atoms with Crippen molar-refractivity contribution in [3.8, 4) is 0 Å². The maximum Gasteiger partial charge on any atom is 0.249 e. The fraction of sp³-hybridized carbons (Fsp3) is 0.632. The van der Waals surface area contributed by atoms with Crippen LogP contribution in [-0.4, -0.2) is 17.2 Å². The maximum atomic E-state index is 11.9. The van der Waals surface area contributed by atoms with Gasteiger partial charge < -0.3 is 5.73 Å². The number of primary amides is 1. The first-order valence-electron chi connectivity index (χ1n) is 8.94. The lowest BCUT2D eigenvalue weighted by Crippen LogP contribution is -2.30. The Labute approximate surface area is 135 Å². The van der Waals surface area contributed by atoms with Crippen LogP contribution in [0, 0.1) is 0 Å². The summed E-state index contributed by atoms with van der Waals surface area (Å²) < 4.78 is 0. The smallest absolute Gasteiger partial charge is 0.249 e. The van der Waals surface area contributed by atoms with Gasteiger partial charge in [0, 0.05) is 5.56 Å². The Morgan fingerprint density at radius 2 is 1.36 bits per heavy atom. The lowest BCUT2D eigenvalue weighted by Gasteiger charge is -2.39. The van der Waals surface area contributed by atoms with E-state index in [1.807, 2.05) is 12.1 Å². The Hall–Kier alpha value is -0.880. The summed E-state index contributed by atoms with van der Waals surface area (Å²) in [7, 11) is -0.246. The van der Waals surface area contributed by atoms with Crippen LogP contribution in [0.25, 0.3) is 0 Å². The van der Waals surface area contributed by atoms with Crippen molar-refractivity contribution in [1.29, 1.82) is 0 Å². The third kappa shape index (κ3) is 3.54. The van der Waals surface area contributed by atoms with Crippen LogP contribution < -0.4 is 11.0 Å². The van der Waals surface area contributed by atoms with E-state index < -0.39 is 0 Å². The number of hydrogen-bond donors (Lipinski definition) is 1. The molecule has 0 aromatic heterocycles. The first kappa shape index (κ1) is 16.0. The van der Waals surface area contributed by atoms with Crippen molar-refractivity contribution in [2.75, 3.05) is 0 Å². The van der Waals surface area contributed by atoms with E-state index >= 15 is 0 Å². The molecule has 0 spiro atoms. The molecule has 1 aromatic rings. The van der Waals surface area contributed by atoms with Crippen molar-refractivity contribution in [3.63, 3.8) is 0 Å². The van der Waals surface area contributed by atoms with Gasteiger partial charge in [-0.25, -0.2) is 0 Å². The molecule has 0 saturated heterocycles. The Bertz CT molecular complexity index is 486. The molecule has 2 N–H and O–H groups in total. The molecule has 2 nitrogen and oxygen atoms in total. The topological polar surface area (TPSA) is 43.1 Å². The van der Waals surface area contributed by atoms with E-state index in [1.165, 1.54) is 69.5 Å². The number of nitrogens with two attached hydrogens (primary N) is 1. The highest BCUT2D eigenvalue weighted by atomic mass is 31.1. The molecular formula is C19H28NOP. The van der Waals surface area contributed by atoms with Gasteiger partial charge in [0.25, 0.3) is 0 Å². The zero-order valence-electron chi connectivity index (χ0n) is 13.5. The lowest BCUT2D eigenvalue weighted by molar-refractivity contribution is 0.100. The summed E-state index contributed by atoms with van der Waals surface area (Å²) in [5, 5.41) is 1.31. The highest BCUT2D eigenvalue weighted by Crippen LogP contribution is 2.55. The maximum absolute atomic E-state index is 11.9. The highest BCUT2D eigenvalue weighted by molar-refractivity contribution is 7.67. The predicted octanol–water partition coefficient (Wildman–Crippen LogP) is 4.56. The van der Waals surface area contributed by atoms with Gasteiger partial charge in [-0.15, -0.1) is 0 Å². The molecule has 3 heteroatoms. The second kappa shape index (κ2) is 7.59. The fourth-order valence-electron chi connectivity index (χ4n) is 4.32. The quantitative estimate of drug-likeness (QED) is 0.813. The van der Waals surface area contributed by atoms with E-state index in [0.29, 0.717) is 0 Å². The van der Waals surface area contributed by atoms with E-state index in [4.69, 9.17) is 5.73 Å². The van der Waals surface area contributed by atoms with Crippen molar-refractivity contribution >= 4 is 19.1 Å². The normalized spacial score (nSPS) is 21.1. The van der Waals surface area contributed by atoms with Gasteiger partial charge in [0.1, 0.15) is 0 Å². The van der Waals surface area contributed by atoms with Crippen LogP contribution in [0.4, 0.5) is 0 Å². The fourth-order valence-corrected chi connectivity index (χ4v) is 8.26. The van der Waals surface area contributed by atoms with Gasteiger partial charge in [0.15, 0.2) is 0 Å². The Balaban J connectivity index is 1.95. The lowest BCUT2D eigenvalue weighted by atomic mass is 9.99. The van der Waals surface area contributed by atoms with Crippen LogP contribution in [0.15, 0.2) is 24.3 Å². The minimum Gasteiger partial charge on any atom is -0.366 e. The molecule has 0 radical (unpaired) electrons. The number of amides is 1. The molecule has 0 atom stereocenters. The highest BCUT2D eigenvalue weighted by Gasteiger charge is 2.33. The molecule has 0 aliphatic heterocycles. The van der Waals surface area contributed by atoms with Gasteiger partial charge in [0.2, 0.25) is 5.91 Å². The van der Waals surface area contributed by atoms with Crippen molar-refractivity contribution in [2.24, 2.45) is 5.73 Å². The van der Waals surface area contributed by atoms with Gasteiger partial charge in [-0.3, -0.25) is 4.79 Å². The van der Waals surface area contributed by atoms with E-state index in [0.717, 1.165) is 16.9 Å². The number of carbonyl (C=O) groups excluding carboxylic acids is 1. The number of hydrogen-bond acceptors (Lipinski definition) is 1. The van der Waals surface area contributed by atoms with E-state index in [-0.39, 0.29) is 13.8 Å². The van der Waals surface area contributed by atoms with Crippen LogP contribution >= 0.6 is 7.92 Å². The molecule has 2 aliphatic rings. The third-order valence-corrected chi connectivity index (χ3v) is 8.94. The monoisotopic (exact) mass is 317 g/mol. The summed E-state index contributed by atoms with van der Waals surface area (Å²) >= 11 is 0. The van der Waals surface area contributed by atoms with Crippen molar-refractivity contribution < 1.29 is 4.79 Å². The first-order valence-corrected chi connectivity index (χ1v) is 10.4. The molecule has 0 bridgehead atoms. The van der Waals surface area contributed by atoms with Crippen LogP contribution in [-0.2, 0) is 0 Å². The Kier molecular flexibility index (Phi) is 5.52. The summed E-state index contributed by atoms with van der Waals surface area (Å²) in [5.74, 6) is -0.241. The number of benzene rings is 1. The third-order valence-electron chi connectivity index (χ3n) is 5.38. The van der Waals surface area contributed by atoms with Crippen LogP contribution in [0.2, 0.25) is 0 Å². The minimum atomic E-state index is -0.246. The number of carbonyl (C=O) groups is 1. The van der Waals surface area contributed by atoms with Crippen LogP contribution in [0.1, 0.15) is 74.6 Å². The number of rotatable bonds is 4. The average molecular weight is 317 g/mol. The molecule has 22 heavy (non-hydrogen) atoms. The Morgan fingerprint density at radius 1 is 0.864 bits per heavy atom. The first-order chi connectivity index (χ1) is 10.8. The molecule has 0 unspecified atom stereocenters. The van der Waals surface area contributed by atoms with E-state index in [9.17, 15) is 4.79 Å². The molecule has 1 aromatic carbocycles. The van der Waals surface area contributed by atoms with Crippen LogP contribution in [0.3, 0.4) is 0 Å². The van der Waals surface area contributed by atoms with Gasteiger partial charge >= 0.3 is 0 Å². The van der Waals surface area contributed by atoms with E-state index in [2.05, 4.69) is 12.1 Å². The van der Waals surface area contributed by atoms with Crippen molar-refractivity contribution in [1.82, 2.24) is 0 Å². The molecule has 3 rings (SSSR count). The Morgan fingerprint density at radius 3 is 1.86 bits per heavy atom. The predicted molar refractivity (Wildman–Crippen MR) is 95.3 cm³/mol. The molecular weight excluding hydrogens is 289 g/mol. The molecule has 2 saturated carbocycles. The second-order valence-corrected chi connectivity index (χ2v) is 9.63. The largest absolute Gasteiger partial charge is 0.366 e. The summed E-state index contributed by atoms with van der Waals surface area (Å²) in [6, 6.07) is 8.20. The van der Waals surface area contributed by atoms with E-state index in [1.54, 1.807) is 0 Å². The average Bonchev–Trinajstić information content (AvgIpc) is 2.57. The van der Waals surface area contributed by atoms with Gasteiger partial charge in [-0.2, -0.15) is 0 Å². The van der Waals surface area contributed by atoms with Gasteiger partial charge in [-0.05, 0) is 48.4 Å².